The first-order chi connectivity index (χ1) is 7.58. The molecule has 0 amide bonds. The minimum atomic E-state index is -0.151. The van der Waals surface area contributed by atoms with Crippen LogP contribution in [-0.2, 0) is 14.3 Å². The van der Waals surface area contributed by atoms with Gasteiger partial charge in [-0.25, -0.2) is 0 Å². The van der Waals surface area contributed by atoms with E-state index in [9.17, 15) is 4.79 Å². The van der Waals surface area contributed by atoms with Gasteiger partial charge >= 0.3 is 5.97 Å². The van der Waals surface area contributed by atoms with Gasteiger partial charge in [0.2, 0.25) is 0 Å². The number of ether oxygens (including phenoxy) is 2. The molecule has 2 atom stereocenters. The van der Waals surface area contributed by atoms with E-state index in [-0.39, 0.29) is 17.9 Å². The molecule has 0 rings (SSSR count). The summed E-state index contributed by atoms with van der Waals surface area (Å²) in [6, 6.07) is 0.179. The summed E-state index contributed by atoms with van der Waals surface area (Å²) in [7, 11) is 1.43. The van der Waals surface area contributed by atoms with Crippen molar-refractivity contribution in [3.05, 3.63) is 0 Å². The molecule has 0 aliphatic rings. The van der Waals surface area contributed by atoms with Crippen LogP contribution in [0, 0.1) is 5.92 Å². The molecule has 0 heterocycles. The molecule has 0 aromatic heterocycles. The molecule has 0 spiro atoms. The van der Waals surface area contributed by atoms with Gasteiger partial charge in [0, 0.05) is 19.2 Å². The van der Waals surface area contributed by atoms with E-state index in [1.165, 1.54) is 7.11 Å². The summed E-state index contributed by atoms with van der Waals surface area (Å²) in [5, 5.41) is 0. The van der Waals surface area contributed by atoms with Crippen molar-refractivity contribution >= 4 is 5.97 Å². The van der Waals surface area contributed by atoms with E-state index in [4.69, 9.17) is 9.47 Å². The standard InChI is InChI=1S/C12H25NO3/c1-6-13(8-9-16-7-2)11(4)10(3)12(14)15-5/h10-11H,6-9H2,1-5H3. The second-order valence-electron chi connectivity index (χ2n) is 3.88. The summed E-state index contributed by atoms with van der Waals surface area (Å²) in [4.78, 5) is 13.7. The molecule has 0 saturated heterocycles. The fourth-order valence-corrected chi connectivity index (χ4v) is 1.67. The highest BCUT2D eigenvalue weighted by Gasteiger charge is 2.25. The first-order valence-corrected chi connectivity index (χ1v) is 5.98. The number of hydrogen-bond acceptors (Lipinski definition) is 4. The van der Waals surface area contributed by atoms with Gasteiger partial charge in [-0.2, -0.15) is 0 Å². The number of likely N-dealkylation sites (N-methyl/N-ethyl adjacent to an activating group) is 1. The van der Waals surface area contributed by atoms with Crippen LogP contribution in [0.4, 0.5) is 0 Å². The molecule has 0 saturated carbocycles. The largest absolute Gasteiger partial charge is 0.469 e. The van der Waals surface area contributed by atoms with Crippen LogP contribution in [0.3, 0.4) is 0 Å². The van der Waals surface area contributed by atoms with Gasteiger partial charge in [-0.15, -0.1) is 0 Å². The number of rotatable bonds is 8. The van der Waals surface area contributed by atoms with Crippen molar-refractivity contribution in [3.8, 4) is 0 Å². The number of hydrogen-bond donors (Lipinski definition) is 0. The van der Waals surface area contributed by atoms with Gasteiger partial charge in [0.1, 0.15) is 0 Å². The summed E-state index contributed by atoms with van der Waals surface area (Å²) in [5.41, 5.74) is 0. The number of carbonyl (C=O) groups excluding carboxylic acids is 1. The van der Waals surface area contributed by atoms with Gasteiger partial charge < -0.3 is 9.47 Å². The van der Waals surface area contributed by atoms with Crippen molar-refractivity contribution in [2.45, 2.75) is 33.7 Å². The molecule has 0 fully saturated rings. The van der Waals surface area contributed by atoms with Gasteiger partial charge in [-0.1, -0.05) is 13.8 Å². The first kappa shape index (κ1) is 15.4. The summed E-state index contributed by atoms with van der Waals surface area (Å²) in [6.45, 7) is 11.2. The zero-order valence-electron chi connectivity index (χ0n) is 11.2. The first-order valence-electron chi connectivity index (χ1n) is 5.98. The predicted octanol–water partition coefficient (Wildman–Crippen LogP) is 1.54. The SMILES string of the molecule is CCOCCN(CC)C(C)C(C)C(=O)OC. The molecule has 96 valence electrons. The quantitative estimate of drug-likeness (QED) is 0.469. The van der Waals surface area contributed by atoms with Crippen LogP contribution in [0.25, 0.3) is 0 Å². The third kappa shape index (κ3) is 4.94. The van der Waals surface area contributed by atoms with Crippen molar-refractivity contribution in [1.82, 2.24) is 4.90 Å². The van der Waals surface area contributed by atoms with Crippen molar-refractivity contribution in [2.24, 2.45) is 5.92 Å². The Kier molecular flexibility index (Phi) is 8.21. The lowest BCUT2D eigenvalue weighted by atomic mass is 10.0. The zero-order valence-corrected chi connectivity index (χ0v) is 11.2. The summed E-state index contributed by atoms with van der Waals surface area (Å²) in [6.07, 6.45) is 0. The minimum Gasteiger partial charge on any atom is -0.469 e. The molecular weight excluding hydrogens is 206 g/mol. The van der Waals surface area contributed by atoms with Gasteiger partial charge in [-0.3, -0.25) is 9.69 Å². The third-order valence-electron chi connectivity index (χ3n) is 3.01. The van der Waals surface area contributed by atoms with E-state index >= 15 is 0 Å². The molecule has 0 aromatic carbocycles. The minimum absolute atomic E-state index is 0.105. The van der Waals surface area contributed by atoms with Crippen LogP contribution in [-0.4, -0.2) is 50.3 Å². The van der Waals surface area contributed by atoms with E-state index in [0.29, 0.717) is 6.61 Å². The zero-order chi connectivity index (χ0) is 12.6. The Morgan fingerprint density at radius 1 is 1.31 bits per heavy atom. The lowest BCUT2D eigenvalue weighted by molar-refractivity contribution is -0.147. The van der Waals surface area contributed by atoms with Gasteiger partial charge in [-0.05, 0) is 20.4 Å². The fraction of sp³-hybridized carbons (Fsp3) is 0.917. The van der Waals surface area contributed by atoms with E-state index in [1.807, 2.05) is 13.8 Å². The molecule has 4 nitrogen and oxygen atoms in total. The molecular formula is C12H25NO3. The lowest BCUT2D eigenvalue weighted by Crippen LogP contribution is -2.42. The van der Waals surface area contributed by atoms with Crippen molar-refractivity contribution < 1.29 is 14.3 Å². The van der Waals surface area contributed by atoms with Gasteiger partial charge in [0.05, 0.1) is 19.6 Å². The number of nitrogens with zero attached hydrogens (tertiary/aromatic N) is 1. The Hall–Kier alpha value is -0.610. The Morgan fingerprint density at radius 3 is 2.38 bits per heavy atom. The van der Waals surface area contributed by atoms with Crippen molar-refractivity contribution in [3.63, 3.8) is 0 Å². The van der Waals surface area contributed by atoms with E-state index in [1.54, 1.807) is 0 Å². The van der Waals surface area contributed by atoms with E-state index < -0.39 is 0 Å². The second kappa shape index (κ2) is 8.53. The fourth-order valence-electron chi connectivity index (χ4n) is 1.67. The summed E-state index contributed by atoms with van der Waals surface area (Å²) in [5.74, 6) is -0.256. The maximum absolute atomic E-state index is 11.4. The Morgan fingerprint density at radius 2 is 1.94 bits per heavy atom. The van der Waals surface area contributed by atoms with Gasteiger partial charge in [0.15, 0.2) is 0 Å². The maximum atomic E-state index is 11.4. The van der Waals surface area contributed by atoms with Crippen molar-refractivity contribution in [1.29, 1.82) is 0 Å². The molecule has 0 radical (unpaired) electrons. The molecule has 0 aliphatic carbocycles. The predicted molar refractivity (Wildman–Crippen MR) is 64.4 cm³/mol. The highest BCUT2D eigenvalue weighted by Crippen LogP contribution is 2.12. The smallest absolute Gasteiger partial charge is 0.309 e. The molecule has 16 heavy (non-hydrogen) atoms. The average Bonchev–Trinajstić information content (AvgIpc) is 2.32. The molecule has 4 heteroatoms. The molecule has 0 N–H and O–H groups in total. The van der Waals surface area contributed by atoms with Crippen LogP contribution < -0.4 is 0 Å². The normalized spacial score (nSPS) is 14.9. The van der Waals surface area contributed by atoms with Crippen molar-refractivity contribution in [2.75, 3.05) is 33.4 Å². The molecule has 2 unspecified atom stereocenters. The van der Waals surface area contributed by atoms with E-state index in [0.717, 1.165) is 19.7 Å². The Balaban J connectivity index is 4.17. The van der Waals surface area contributed by atoms with Crippen LogP contribution >= 0.6 is 0 Å². The highest BCUT2D eigenvalue weighted by molar-refractivity contribution is 5.72. The maximum Gasteiger partial charge on any atom is 0.309 e. The van der Waals surface area contributed by atoms with Crippen LogP contribution in [0.2, 0.25) is 0 Å². The summed E-state index contributed by atoms with van der Waals surface area (Å²) < 4.78 is 10.1. The van der Waals surface area contributed by atoms with Crippen LogP contribution in [0.5, 0.6) is 0 Å². The number of esters is 1. The Labute approximate surface area is 98.9 Å². The topological polar surface area (TPSA) is 38.8 Å². The lowest BCUT2D eigenvalue weighted by Gasteiger charge is -2.30. The number of carbonyl (C=O) groups is 1. The third-order valence-corrected chi connectivity index (χ3v) is 3.01. The molecule has 0 bridgehead atoms. The van der Waals surface area contributed by atoms with Crippen LogP contribution in [0.1, 0.15) is 27.7 Å². The van der Waals surface area contributed by atoms with Gasteiger partial charge in [0.25, 0.3) is 0 Å². The highest BCUT2D eigenvalue weighted by atomic mass is 16.5. The second-order valence-corrected chi connectivity index (χ2v) is 3.88. The molecule has 0 aromatic rings. The average molecular weight is 231 g/mol. The summed E-state index contributed by atoms with van der Waals surface area (Å²) >= 11 is 0. The monoisotopic (exact) mass is 231 g/mol. The Bertz CT molecular complexity index is 197. The van der Waals surface area contributed by atoms with E-state index in [2.05, 4.69) is 18.7 Å². The molecule has 0 aliphatic heterocycles. The number of methoxy groups -OCH3 is 1. The van der Waals surface area contributed by atoms with Crippen LogP contribution in [0.15, 0.2) is 0 Å².